The fraction of sp³-hybridized carbons (Fsp3) is 0.833. The maximum atomic E-state index is 12.2. The molecule has 2 amide bonds. The van der Waals surface area contributed by atoms with Crippen LogP contribution in [0.3, 0.4) is 0 Å². The molecule has 106 valence electrons. The first kappa shape index (κ1) is 16.7. The van der Waals surface area contributed by atoms with Gasteiger partial charge in [-0.05, 0) is 34.6 Å². The minimum atomic E-state index is -1.05. The molecule has 6 heteroatoms. The summed E-state index contributed by atoms with van der Waals surface area (Å²) in [6, 6.07) is -0.568. The number of hydrogen-bond donors (Lipinski definition) is 2. The van der Waals surface area contributed by atoms with E-state index >= 15 is 0 Å². The molecule has 0 aromatic heterocycles. The molecule has 0 aliphatic carbocycles. The monoisotopic (exact) mass is 260 g/mol. The van der Waals surface area contributed by atoms with Crippen LogP contribution in [0, 0.1) is 0 Å². The highest BCUT2D eigenvalue weighted by atomic mass is 16.4. The molecule has 2 N–H and O–H groups in total. The van der Waals surface area contributed by atoms with Gasteiger partial charge in [0.05, 0.1) is 12.1 Å². The van der Waals surface area contributed by atoms with Crippen molar-refractivity contribution in [3.63, 3.8) is 0 Å². The summed E-state index contributed by atoms with van der Waals surface area (Å²) >= 11 is 0. The van der Waals surface area contributed by atoms with Crippen LogP contribution in [-0.2, 0) is 4.79 Å². The Kier molecular flexibility index (Phi) is 6.11. The topological polar surface area (TPSA) is 81.1 Å². The number of carbonyl (C=O) groups excluding carboxylic acids is 1. The van der Waals surface area contributed by atoms with Crippen molar-refractivity contribution in [3.05, 3.63) is 0 Å². The van der Waals surface area contributed by atoms with Crippen molar-refractivity contribution in [2.24, 2.45) is 0 Å². The number of carbonyl (C=O) groups is 2. The van der Waals surface area contributed by atoms with Crippen LogP contribution in [0.2, 0.25) is 0 Å². The molecule has 0 atom stereocenters. The Morgan fingerprint density at radius 3 is 2.06 bits per heavy atom. The van der Waals surface area contributed by atoms with Gasteiger partial charge in [-0.1, -0.05) is 0 Å². The first-order chi connectivity index (χ1) is 8.08. The van der Waals surface area contributed by atoms with E-state index in [0.29, 0.717) is 6.54 Å². The minimum Gasteiger partial charge on any atom is -0.480 e. The van der Waals surface area contributed by atoms with Crippen LogP contribution in [0.1, 0.15) is 34.6 Å². The van der Waals surface area contributed by atoms with Crippen LogP contribution in [0.4, 0.5) is 4.79 Å². The Hall–Kier alpha value is -1.30. The van der Waals surface area contributed by atoms with Gasteiger partial charge in [-0.15, -0.1) is 0 Å². The SMILES string of the molecule is CCN(CC(C)(C)O)C(=O)N(CC(=O)O)C(C)C. The Balaban J connectivity index is 4.86. The normalized spacial score (nSPS) is 11.5. The zero-order valence-electron chi connectivity index (χ0n) is 11.8. The molecule has 6 nitrogen and oxygen atoms in total. The molecule has 0 aliphatic heterocycles. The third-order valence-electron chi connectivity index (χ3n) is 2.40. The molecular formula is C12H24N2O4. The fourth-order valence-corrected chi connectivity index (χ4v) is 1.58. The molecule has 0 saturated heterocycles. The zero-order valence-corrected chi connectivity index (χ0v) is 11.8. The molecule has 0 rings (SSSR count). The van der Waals surface area contributed by atoms with Crippen LogP contribution >= 0.6 is 0 Å². The third kappa shape index (κ3) is 5.86. The van der Waals surface area contributed by atoms with E-state index < -0.39 is 11.6 Å². The average molecular weight is 260 g/mol. The quantitative estimate of drug-likeness (QED) is 0.746. The molecule has 0 unspecified atom stereocenters. The summed E-state index contributed by atoms with van der Waals surface area (Å²) in [5, 5.41) is 18.5. The summed E-state index contributed by atoms with van der Waals surface area (Å²) in [7, 11) is 0. The van der Waals surface area contributed by atoms with E-state index in [2.05, 4.69) is 0 Å². The summed E-state index contributed by atoms with van der Waals surface area (Å²) < 4.78 is 0. The van der Waals surface area contributed by atoms with Gasteiger partial charge in [0.15, 0.2) is 0 Å². The lowest BCUT2D eigenvalue weighted by Crippen LogP contribution is -2.51. The van der Waals surface area contributed by atoms with Crippen molar-refractivity contribution in [1.82, 2.24) is 9.80 Å². The third-order valence-corrected chi connectivity index (χ3v) is 2.40. The second kappa shape index (κ2) is 6.58. The zero-order chi connectivity index (χ0) is 14.5. The number of urea groups is 1. The minimum absolute atomic E-state index is 0.172. The van der Waals surface area contributed by atoms with E-state index in [1.165, 1.54) is 9.80 Å². The summed E-state index contributed by atoms with van der Waals surface area (Å²) in [4.78, 5) is 25.7. The number of nitrogens with zero attached hydrogens (tertiary/aromatic N) is 2. The van der Waals surface area contributed by atoms with Gasteiger partial charge in [-0.25, -0.2) is 4.79 Å². The summed E-state index contributed by atoms with van der Waals surface area (Å²) in [5.41, 5.74) is -1.00. The number of aliphatic hydroxyl groups is 1. The van der Waals surface area contributed by atoms with Gasteiger partial charge >= 0.3 is 12.0 Å². The predicted octanol–water partition coefficient (Wildman–Crippen LogP) is 0.994. The lowest BCUT2D eigenvalue weighted by atomic mass is 10.1. The highest BCUT2D eigenvalue weighted by Gasteiger charge is 2.27. The number of aliphatic carboxylic acids is 1. The summed E-state index contributed by atoms with van der Waals surface area (Å²) in [6.07, 6.45) is 0. The van der Waals surface area contributed by atoms with Gasteiger partial charge in [0, 0.05) is 12.6 Å². The fourth-order valence-electron chi connectivity index (χ4n) is 1.58. The van der Waals surface area contributed by atoms with E-state index in [1.54, 1.807) is 34.6 Å². The van der Waals surface area contributed by atoms with E-state index in [1.807, 2.05) is 0 Å². The molecular weight excluding hydrogens is 236 g/mol. The molecule has 0 aromatic carbocycles. The van der Waals surface area contributed by atoms with Crippen molar-refractivity contribution >= 4 is 12.0 Å². The highest BCUT2D eigenvalue weighted by Crippen LogP contribution is 2.10. The Morgan fingerprint density at radius 1 is 1.28 bits per heavy atom. The molecule has 0 fully saturated rings. The Labute approximate surface area is 108 Å². The molecule has 0 bridgehead atoms. The second-order valence-electron chi connectivity index (χ2n) is 5.22. The number of likely N-dealkylation sites (N-methyl/N-ethyl adjacent to an activating group) is 1. The molecule has 0 radical (unpaired) electrons. The van der Waals surface area contributed by atoms with Crippen LogP contribution in [-0.4, -0.2) is 63.3 Å². The molecule has 18 heavy (non-hydrogen) atoms. The molecule has 0 heterocycles. The Bertz CT molecular complexity index is 297. The number of carboxylic acid groups (broad SMARTS) is 1. The average Bonchev–Trinajstić information content (AvgIpc) is 2.19. The van der Waals surface area contributed by atoms with Gasteiger partial charge in [0.2, 0.25) is 0 Å². The largest absolute Gasteiger partial charge is 0.480 e. The molecule has 0 aromatic rings. The van der Waals surface area contributed by atoms with Crippen molar-refractivity contribution in [1.29, 1.82) is 0 Å². The molecule has 0 spiro atoms. The highest BCUT2D eigenvalue weighted by molar-refractivity contribution is 5.80. The number of carboxylic acids is 1. The van der Waals surface area contributed by atoms with Gasteiger partial charge in [-0.2, -0.15) is 0 Å². The van der Waals surface area contributed by atoms with Gasteiger partial charge in [0.1, 0.15) is 6.54 Å². The first-order valence-corrected chi connectivity index (χ1v) is 6.08. The number of amides is 2. The van der Waals surface area contributed by atoms with Gasteiger partial charge in [0.25, 0.3) is 0 Å². The van der Waals surface area contributed by atoms with E-state index in [9.17, 15) is 14.7 Å². The van der Waals surface area contributed by atoms with Crippen molar-refractivity contribution < 1.29 is 19.8 Å². The molecule has 0 aliphatic rings. The maximum absolute atomic E-state index is 12.2. The number of hydrogen-bond acceptors (Lipinski definition) is 3. The van der Waals surface area contributed by atoms with Crippen LogP contribution in [0.15, 0.2) is 0 Å². The lowest BCUT2D eigenvalue weighted by Gasteiger charge is -2.34. The number of rotatable bonds is 6. The van der Waals surface area contributed by atoms with Crippen LogP contribution < -0.4 is 0 Å². The van der Waals surface area contributed by atoms with Gasteiger partial charge < -0.3 is 20.0 Å². The second-order valence-corrected chi connectivity index (χ2v) is 5.22. The molecule has 0 saturated carbocycles. The van der Waals surface area contributed by atoms with Crippen molar-refractivity contribution in [2.75, 3.05) is 19.6 Å². The van der Waals surface area contributed by atoms with E-state index in [4.69, 9.17) is 5.11 Å². The maximum Gasteiger partial charge on any atom is 0.323 e. The van der Waals surface area contributed by atoms with Crippen LogP contribution in [0.25, 0.3) is 0 Å². The standard InChI is InChI=1S/C12H24N2O4/c1-6-13(8-12(4,5)18)11(17)14(9(2)3)7-10(15)16/h9,18H,6-8H2,1-5H3,(H,15,16). The summed E-state index contributed by atoms with van der Waals surface area (Å²) in [5.74, 6) is -1.05. The summed E-state index contributed by atoms with van der Waals surface area (Å²) in [6.45, 7) is 8.80. The lowest BCUT2D eigenvalue weighted by molar-refractivity contribution is -0.138. The van der Waals surface area contributed by atoms with Crippen molar-refractivity contribution in [3.8, 4) is 0 Å². The van der Waals surface area contributed by atoms with Crippen molar-refractivity contribution in [2.45, 2.75) is 46.3 Å². The smallest absolute Gasteiger partial charge is 0.323 e. The van der Waals surface area contributed by atoms with Gasteiger partial charge in [-0.3, -0.25) is 4.79 Å². The van der Waals surface area contributed by atoms with E-state index in [0.717, 1.165) is 0 Å². The Morgan fingerprint density at radius 2 is 1.78 bits per heavy atom. The van der Waals surface area contributed by atoms with Crippen LogP contribution in [0.5, 0.6) is 0 Å². The van der Waals surface area contributed by atoms with E-state index in [-0.39, 0.29) is 25.2 Å². The first-order valence-electron chi connectivity index (χ1n) is 6.08. The predicted molar refractivity (Wildman–Crippen MR) is 68.4 cm³/mol.